The Balaban J connectivity index is 1.61. The molecule has 1 aromatic heterocycles. The summed E-state index contributed by atoms with van der Waals surface area (Å²) in [6, 6.07) is 7.86. The van der Waals surface area contributed by atoms with Crippen molar-refractivity contribution in [1.29, 1.82) is 0 Å². The van der Waals surface area contributed by atoms with Gasteiger partial charge in [-0.15, -0.1) is 0 Å². The van der Waals surface area contributed by atoms with Crippen LogP contribution in [-0.2, 0) is 4.79 Å². The lowest BCUT2D eigenvalue weighted by molar-refractivity contribution is -0.130. The Bertz CT molecular complexity index is 807. The van der Waals surface area contributed by atoms with Crippen molar-refractivity contribution < 1.29 is 14.0 Å². The Labute approximate surface area is 144 Å². The zero-order chi connectivity index (χ0) is 17.6. The van der Waals surface area contributed by atoms with E-state index in [-0.39, 0.29) is 35.5 Å². The van der Waals surface area contributed by atoms with Crippen molar-refractivity contribution in [2.45, 2.75) is 13.0 Å². The summed E-state index contributed by atoms with van der Waals surface area (Å²) in [6.45, 7) is 3.28. The number of fused-ring (bicyclic) bond motifs is 1. The molecule has 0 aliphatic carbocycles. The maximum Gasteiger partial charge on any atom is 0.271 e. The third-order valence-corrected chi connectivity index (χ3v) is 5.28. The number of carbonyl (C=O) groups is 2. The van der Waals surface area contributed by atoms with Gasteiger partial charge in [0, 0.05) is 44.6 Å². The lowest BCUT2D eigenvalue weighted by Gasteiger charge is -2.29. The highest BCUT2D eigenvalue weighted by atomic mass is 19.1. The van der Waals surface area contributed by atoms with Crippen LogP contribution in [0.25, 0.3) is 0 Å². The van der Waals surface area contributed by atoms with E-state index in [0.29, 0.717) is 25.3 Å². The molecule has 0 spiro atoms. The first-order valence-corrected chi connectivity index (χ1v) is 8.36. The Morgan fingerprint density at radius 1 is 1.24 bits per heavy atom. The minimum Gasteiger partial charge on any atom is -0.337 e. The molecule has 0 bridgehead atoms. The first-order valence-electron chi connectivity index (χ1n) is 8.36. The number of aromatic nitrogens is 2. The Kier molecular flexibility index (Phi) is 3.78. The molecule has 2 aliphatic rings. The smallest absolute Gasteiger partial charge is 0.271 e. The number of hydrogen-bond acceptors (Lipinski definition) is 3. The van der Waals surface area contributed by atoms with Crippen molar-refractivity contribution in [2.24, 2.45) is 11.8 Å². The third-order valence-electron chi connectivity index (χ3n) is 5.28. The molecule has 7 heteroatoms. The maximum atomic E-state index is 13.7. The third kappa shape index (κ3) is 2.69. The summed E-state index contributed by atoms with van der Waals surface area (Å²) in [5.74, 6) is -0.108. The second kappa shape index (κ2) is 5.98. The first kappa shape index (κ1) is 15.8. The molecule has 2 aromatic rings. The predicted octanol–water partition coefficient (Wildman–Crippen LogP) is 1.84. The van der Waals surface area contributed by atoms with Gasteiger partial charge in [-0.25, -0.2) is 4.39 Å². The summed E-state index contributed by atoms with van der Waals surface area (Å²) in [6.07, 6.45) is 1.55. The molecule has 6 nitrogen and oxygen atoms in total. The molecular weight excluding hydrogens is 323 g/mol. The number of halogens is 1. The van der Waals surface area contributed by atoms with Crippen molar-refractivity contribution in [3.8, 4) is 0 Å². The van der Waals surface area contributed by atoms with Crippen LogP contribution < -0.4 is 0 Å². The van der Waals surface area contributed by atoms with Gasteiger partial charge in [0.1, 0.15) is 11.5 Å². The molecule has 2 amide bonds. The van der Waals surface area contributed by atoms with Crippen molar-refractivity contribution in [1.82, 2.24) is 20.0 Å². The van der Waals surface area contributed by atoms with Gasteiger partial charge in [0.25, 0.3) is 5.91 Å². The second-order valence-corrected chi connectivity index (χ2v) is 6.78. The van der Waals surface area contributed by atoms with E-state index in [1.54, 1.807) is 30.2 Å². The number of likely N-dealkylation sites (tertiary alicyclic amines) is 2. The number of rotatable bonds is 2. The van der Waals surface area contributed by atoms with E-state index in [1.807, 2.05) is 11.0 Å². The van der Waals surface area contributed by atoms with Crippen molar-refractivity contribution in [3.63, 3.8) is 0 Å². The van der Waals surface area contributed by atoms with E-state index in [1.165, 1.54) is 12.1 Å². The number of H-pyrrole nitrogens is 1. The molecule has 0 radical (unpaired) electrons. The molecule has 0 unspecified atom stereocenters. The van der Waals surface area contributed by atoms with Gasteiger partial charge in [0.15, 0.2) is 0 Å². The molecule has 1 aromatic carbocycles. The molecule has 2 fully saturated rings. The van der Waals surface area contributed by atoms with Crippen LogP contribution in [0.2, 0.25) is 0 Å². The lowest BCUT2D eigenvalue weighted by Crippen LogP contribution is -2.36. The van der Waals surface area contributed by atoms with Crippen LogP contribution in [0.3, 0.4) is 0 Å². The van der Waals surface area contributed by atoms with Crippen LogP contribution in [-0.4, -0.2) is 51.4 Å². The molecule has 0 saturated carbocycles. The minimum absolute atomic E-state index is 0.0184. The quantitative estimate of drug-likeness (QED) is 0.905. The summed E-state index contributed by atoms with van der Waals surface area (Å²) in [5.41, 5.74) is 1.25. The van der Waals surface area contributed by atoms with Gasteiger partial charge in [-0.05, 0) is 23.8 Å². The number of benzene rings is 1. The lowest BCUT2D eigenvalue weighted by atomic mass is 9.89. The maximum absolute atomic E-state index is 13.7. The fraction of sp³-hybridized carbons (Fsp3) is 0.389. The summed E-state index contributed by atoms with van der Waals surface area (Å²) < 4.78 is 13.7. The average Bonchev–Trinajstić information content (AvgIpc) is 3.29. The summed E-state index contributed by atoms with van der Waals surface area (Å²) >= 11 is 0. The topological polar surface area (TPSA) is 69.3 Å². The molecule has 130 valence electrons. The zero-order valence-corrected chi connectivity index (χ0v) is 13.9. The number of amides is 2. The van der Waals surface area contributed by atoms with Gasteiger partial charge in [-0.2, -0.15) is 5.10 Å². The molecular formula is C18H19FN4O2. The van der Waals surface area contributed by atoms with Crippen LogP contribution in [0.1, 0.15) is 29.0 Å². The van der Waals surface area contributed by atoms with Crippen LogP contribution in [0.15, 0.2) is 36.5 Å². The Hall–Kier alpha value is -2.70. The van der Waals surface area contributed by atoms with Gasteiger partial charge in [-0.3, -0.25) is 14.7 Å². The molecule has 1 N–H and O–H groups in total. The number of hydrogen-bond donors (Lipinski definition) is 1. The predicted molar refractivity (Wildman–Crippen MR) is 88.0 cm³/mol. The highest BCUT2D eigenvalue weighted by Crippen LogP contribution is 2.45. The minimum atomic E-state index is -0.312. The number of nitrogens with one attached hydrogen (secondary N) is 1. The summed E-state index contributed by atoms with van der Waals surface area (Å²) in [4.78, 5) is 28.3. The van der Waals surface area contributed by atoms with Crippen LogP contribution in [0.5, 0.6) is 0 Å². The van der Waals surface area contributed by atoms with Crippen molar-refractivity contribution >= 4 is 11.8 Å². The van der Waals surface area contributed by atoms with Crippen molar-refractivity contribution in [3.05, 3.63) is 53.6 Å². The number of carbonyl (C=O) groups excluding carboxylic acids is 2. The molecule has 2 saturated heterocycles. The summed E-state index contributed by atoms with van der Waals surface area (Å²) in [5, 5.41) is 6.53. The highest BCUT2D eigenvalue weighted by Gasteiger charge is 2.49. The van der Waals surface area contributed by atoms with Gasteiger partial charge < -0.3 is 9.80 Å². The Morgan fingerprint density at radius 2 is 2.08 bits per heavy atom. The van der Waals surface area contributed by atoms with E-state index in [2.05, 4.69) is 10.2 Å². The normalized spacial score (nSPS) is 25.3. The average molecular weight is 342 g/mol. The largest absolute Gasteiger partial charge is 0.337 e. The zero-order valence-electron chi connectivity index (χ0n) is 13.9. The van der Waals surface area contributed by atoms with Gasteiger partial charge in [-0.1, -0.05) is 12.1 Å². The SMILES string of the molecule is CC(=O)N1C[C@H]2CN(C(=O)c3ccn[nH]3)C[C@H]2[C@@H]1c1cccc(F)c1. The molecule has 25 heavy (non-hydrogen) atoms. The number of aromatic amines is 1. The summed E-state index contributed by atoms with van der Waals surface area (Å²) in [7, 11) is 0. The molecule has 3 atom stereocenters. The van der Waals surface area contributed by atoms with Gasteiger partial charge in [0.2, 0.25) is 5.91 Å². The monoisotopic (exact) mass is 342 g/mol. The van der Waals surface area contributed by atoms with E-state index in [4.69, 9.17) is 0 Å². The van der Waals surface area contributed by atoms with E-state index < -0.39 is 0 Å². The highest BCUT2D eigenvalue weighted by molar-refractivity contribution is 5.92. The van der Waals surface area contributed by atoms with Gasteiger partial charge >= 0.3 is 0 Å². The second-order valence-electron chi connectivity index (χ2n) is 6.78. The standard InChI is InChI=1S/C18H19FN4O2/c1-11(24)23-9-13-8-22(18(25)16-5-6-20-21-16)10-15(13)17(23)12-3-2-4-14(19)7-12/h2-7,13,15,17H,8-10H2,1H3,(H,20,21)/t13-,15-,17+/m1/s1. The van der Waals surface area contributed by atoms with Crippen LogP contribution in [0, 0.1) is 17.7 Å². The van der Waals surface area contributed by atoms with E-state index >= 15 is 0 Å². The Morgan fingerprint density at radius 3 is 2.76 bits per heavy atom. The molecule has 3 heterocycles. The molecule has 4 rings (SSSR count). The molecule has 2 aliphatic heterocycles. The fourth-order valence-electron chi connectivity index (χ4n) is 4.20. The number of nitrogens with zero attached hydrogens (tertiary/aromatic N) is 3. The fourth-order valence-corrected chi connectivity index (χ4v) is 4.20. The first-order chi connectivity index (χ1) is 12.0. The van der Waals surface area contributed by atoms with Crippen LogP contribution in [0.4, 0.5) is 4.39 Å². The van der Waals surface area contributed by atoms with Crippen LogP contribution >= 0.6 is 0 Å². The van der Waals surface area contributed by atoms with E-state index in [0.717, 1.165) is 5.56 Å². The van der Waals surface area contributed by atoms with E-state index in [9.17, 15) is 14.0 Å². The van der Waals surface area contributed by atoms with Gasteiger partial charge in [0.05, 0.1) is 6.04 Å². The van der Waals surface area contributed by atoms with Crippen molar-refractivity contribution in [2.75, 3.05) is 19.6 Å².